The smallest absolute Gasteiger partial charge is 0.180 e. The summed E-state index contributed by atoms with van der Waals surface area (Å²) in [5.41, 5.74) is 5.95. The molecule has 3 aromatic heterocycles. The van der Waals surface area contributed by atoms with Crippen LogP contribution in [0.1, 0.15) is 27.9 Å². The van der Waals surface area contributed by atoms with Crippen LogP contribution in [-0.4, -0.2) is 31.3 Å². The third-order valence-corrected chi connectivity index (χ3v) is 5.71. The molecule has 0 spiro atoms. The van der Waals surface area contributed by atoms with Crippen LogP contribution in [0.25, 0.3) is 5.65 Å². The summed E-state index contributed by atoms with van der Waals surface area (Å²) < 4.78 is 16.0. The summed E-state index contributed by atoms with van der Waals surface area (Å²) in [4.78, 5) is 6.78. The van der Waals surface area contributed by atoms with Crippen molar-refractivity contribution in [2.45, 2.75) is 26.8 Å². The summed E-state index contributed by atoms with van der Waals surface area (Å²) in [6.45, 7) is 5.48. The number of nitriles is 1. The Morgan fingerprint density at radius 1 is 1.23 bits per heavy atom. The second kappa shape index (κ2) is 7.32. The number of fused-ring (bicyclic) bond motifs is 2. The first-order valence-corrected chi connectivity index (χ1v) is 9.90. The van der Waals surface area contributed by atoms with Crippen molar-refractivity contribution in [1.82, 2.24) is 24.8 Å². The molecular formula is C22H19FN8. The molecule has 4 heterocycles. The molecule has 154 valence electrons. The van der Waals surface area contributed by atoms with E-state index >= 15 is 0 Å². The van der Waals surface area contributed by atoms with E-state index in [-0.39, 0.29) is 11.3 Å². The summed E-state index contributed by atoms with van der Waals surface area (Å²) in [5, 5.41) is 25.1. The SMILES string of the molecule is Cc1c(N2CCc3ncc(Nc4c(F)cccc4C#N)cc3C2)nn2cnnc2c1C. The van der Waals surface area contributed by atoms with E-state index in [4.69, 9.17) is 5.10 Å². The number of benzene rings is 1. The van der Waals surface area contributed by atoms with Crippen LogP contribution in [0.2, 0.25) is 0 Å². The molecular weight excluding hydrogens is 395 g/mol. The Morgan fingerprint density at radius 2 is 2.10 bits per heavy atom. The maximum Gasteiger partial charge on any atom is 0.180 e. The number of aromatic nitrogens is 5. The molecule has 1 aliphatic rings. The molecule has 0 unspecified atom stereocenters. The second-order valence-corrected chi connectivity index (χ2v) is 7.57. The van der Waals surface area contributed by atoms with Crippen LogP contribution in [0, 0.1) is 31.0 Å². The number of anilines is 3. The van der Waals surface area contributed by atoms with Gasteiger partial charge in [-0.05, 0) is 37.6 Å². The van der Waals surface area contributed by atoms with Gasteiger partial charge in [-0.25, -0.2) is 4.39 Å². The highest BCUT2D eigenvalue weighted by Gasteiger charge is 2.23. The van der Waals surface area contributed by atoms with Gasteiger partial charge >= 0.3 is 0 Å². The summed E-state index contributed by atoms with van der Waals surface area (Å²) >= 11 is 0. The number of hydrogen-bond acceptors (Lipinski definition) is 7. The van der Waals surface area contributed by atoms with E-state index in [1.54, 1.807) is 23.1 Å². The molecule has 1 N–H and O–H groups in total. The van der Waals surface area contributed by atoms with E-state index in [2.05, 4.69) is 25.4 Å². The van der Waals surface area contributed by atoms with Crippen molar-refractivity contribution >= 4 is 22.8 Å². The summed E-state index contributed by atoms with van der Waals surface area (Å²) in [5.74, 6) is 0.408. The largest absolute Gasteiger partial charge is 0.351 e. The summed E-state index contributed by atoms with van der Waals surface area (Å²) in [6.07, 6.45) is 4.06. The molecule has 0 saturated carbocycles. The number of aryl methyl sites for hydroxylation is 1. The van der Waals surface area contributed by atoms with Gasteiger partial charge in [0, 0.05) is 36.3 Å². The highest BCUT2D eigenvalue weighted by molar-refractivity contribution is 5.67. The topological polar surface area (TPSA) is 95.0 Å². The zero-order valence-electron chi connectivity index (χ0n) is 17.1. The number of para-hydroxylation sites is 1. The predicted octanol–water partition coefficient (Wildman–Crippen LogP) is 3.45. The summed E-state index contributed by atoms with van der Waals surface area (Å²) in [7, 11) is 0. The van der Waals surface area contributed by atoms with E-state index in [1.165, 1.54) is 12.1 Å². The molecule has 1 aliphatic heterocycles. The van der Waals surface area contributed by atoms with Gasteiger partial charge in [0.2, 0.25) is 0 Å². The normalized spacial score (nSPS) is 13.2. The van der Waals surface area contributed by atoms with Crippen LogP contribution in [-0.2, 0) is 13.0 Å². The molecule has 4 aromatic rings. The average molecular weight is 414 g/mol. The van der Waals surface area contributed by atoms with Crippen LogP contribution in [0.15, 0.2) is 36.8 Å². The van der Waals surface area contributed by atoms with E-state index in [1.807, 2.05) is 26.0 Å². The lowest BCUT2D eigenvalue weighted by Gasteiger charge is -2.30. The fourth-order valence-electron chi connectivity index (χ4n) is 3.93. The third-order valence-electron chi connectivity index (χ3n) is 5.71. The van der Waals surface area contributed by atoms with Crippen molar-refractivity contribution in [3.63, 3.8) is 0 Å². The third kappa shape index (κ3) is 3.22. The molecule has 5 rings (SSSR count). The lowest BCUT2D eigenvalue weighted by molar-refractivity contribution is 0.631. The van der Waals surface area contributed by atoms with Crippen molar-refractivity contribution < 1.29 is 4.39 Å². The highest BCUT2D eigenvalue weighted by atomic mass is 19.1. The van der Waals surface area contributed by atoms with Crippen LogP contribution in [0.4, 0.5) is 21.6 Å². The molecule has 0 fully saturated rings. The lowest BCUT2D eigenvalue weighted by Crippen LogP contribution is -2.32. The molecule has 0 radical (unpaired) electrons. The van der Waals surface area contributed by atoms with Gasteiger partial charge in [0.15, 0.2) is 11.5 Å². The minimum atomic E-state index is -0.476. The van der Waals surface area contributed by atoms with Crippen LogP contribution >= 0.6 is 0 Å². The number of nitrogens with zero attached hydrogens (tertiary/aromatic N) is 7. The fraction of sp³-hybridized carbons (Fsp3) is 0.227. The van der Waals surface area contributed by atoms with Gasteiger partial charge in [-0.2, -0.15) is 9.78 Å². The van der Waals surface area contributed by atoms with E-state index < -0.39 is 5.82 Å². The number of halogens is 1. The molecule has 0 amide bonds. The van der Waals surface area contributed by atoms with Crippen molar-refractivity contribution in [3.8, 4) is 6.07 Å². The van der Waals surface area contributed by atoms with Crippen molar-refractivity contribution in [1.29, 1.82) is 5.26 Å². The number of nitrogens with one attached hydrogen (secondary N) is 1. The quantitative estimate of drug-likeness (QED) is 0.549. The Labute approximate surface area is 178 Å². The Morgan fingerprint density at radius 3 is 2.94 bits per heavy atom. The van der Waals surface area contributed by atoms with Gasteiger partial charge < -0.3 is 10.2 Å². The fourth-order valence-corrected chi connectivity index (χ4v) is 3.93. The van der Waals surface area contributed by atoms with Gasteiger partial charge in [0.05, 0.1) is 23.1 Å². The molecule has 0 bridgehead atoms. The first-order valence-electron chi connectivity index (χ1n) is 9.90. The number of hydrogen-bond donors (Lipinski definition) is 1. The monoisotopic (exact) mass is 414 g/mol. The van der Waals surface area contributed by atoms with Crippen LogP contribution < -0.4 is 10.2 Å². The average Bonchev–Trinajstić information content (AvgIpc) is 3.26. The van der Waals surface area contributed by atoms with Gasteiger partial charge in [-0.1, -0.05) is 6.07 Å². The van der Waals surface area contributed by atoms with Crippen molar-refractivity contribution in [3.05, 3.63) is 70.6 Å². The highest BCUT2D eigenvalue weighted by Crippen LogP contribution is 2.30. The first-order chi connectivity index (χ1) is 15.0. The summed E-state index contributed by atoms with van der Waals surface area (Å²) in [6, 6.07) is 8.41. The predicted molar refractivity (Wildman–Crippen MR) is 114 cm³/mol. The molecule has 8 nitrogen and oxygen atoms in total. The van der Waals surface area contributed by atoms with Gasteiger partial charge in [0.25, 0.3) is 0 Å². The van der Waals surface area contributed by atoms with E-state index in [9.17, 15) is 9.65 Å². The van der Waals surface area contributed by atoms with E-state index in [0.29, 0.717) is 12.2 Å². The van der Waals surface area contributed by atoms with Gasteiger partial charge in [-0.15, -0.1) is 15.3 Å². The molecule has 9 heteroatoms. The second-order valence-electron chi connectivity index (χ2n) is 7.57. The Balaban J connectivity index is 1.47. The van der Waals surface area contributed by atoms with Crippen LogP contribution in [0.5, 0.6) is 0 Å². The van der Waals surface area contributed by atoms with Crippen molar-refractivity contribution in [2.75, 3.05) is 16.8 Å². The van der Waals surface area contributed by atoms with Gasteiger partial charge in [0.1, 0.15) is 18.2 Å². The number of pyridine rings is 1. The zero-order valence-corrected chi connectivity index (χ0v) is 17.1. The van der Waals surface area contributed by atoms with E-state index in [0.717, 1.165) is 46.8 Å². The zero-order chi connectivity index (χ0) is 21.5. The Bertz CT molecular complexity index is 1350. The number of rotatable bonds is 3. The first kappa shape index (κ1) is 18.9. The molecule has 1 aromatic carbocycles. The maximum absolute atomic E-state index is 14.3. The molecule has 0 saturated heterocycles. The Hall–Kier alpha value is -4.06. The standard InChI is InChI=1S/C22H19FN8/c1-13-14(2)22(29-31-12-26-28-21(13)31)30-7-6-19-16(11-30)8-17(10-25-19)27-20-15(9-24)4-3-5-18(20)23/h3-5,8,10,12,27H,6-7,11H2,1-2H3. The minimum Gasteiger partial charge on any atom is -0.351 e. The molecule has 0 atom stereocenters. The molecule has 0 aliphatic carbocycles. The lowest BCUT2D eigenvalue weighted by atomic mass is 10.0. The minimum absolute atomic E-state index is 0.158. The molecule has 31 heavy (non-hydrogen) atoms. The van der Waals surface area contributed by atoms with Gasteiger partial charge in [-0.3, -0.25) is 4.98 Å². The Kier molecular flexibility index (Phi) is 4.47. The maximum atomic E-state index is 14.3. The van der Waals surface area contributed by atoms with Crippen LogP contribution in [0.3, 0.4) is 0 Å². The van der Waals surface area contributed by atoms with Crippen molar-refractivity contribution in [2.24, 2.45) is 0 Å².